The van der Waals surface area contributed by atoms with E-state index in [-0.39, 0.29) is 10.0 Å². The minimum Gasteiger partial charge on any atom is -0.416 e. The fraction of sp³-hybridized carbons (Fsp3) is 1.00. The molecule has 1 unspecified atom stereocenters. The predicted octanol–water partition coefficient (Wildman–Crippen LogP) is 2.71. The number of halogens is 1. The first-order valence-electron chi connectivity index (χ1n) is 5.75. The summed E-state index contributed by atoms with van der Waals surface area (Å²) in [6.07, 6.45) is 0.917. The summed E-state index contributed by atoms with van der Waals surface area (Å²) in [5.41, 5.74) is 0. The highest BCUT2D eigenvalue weighted by Crippen LogP contribution is 2.27. The number of rotatable bonds is 3. The molecular weight excluding hydrogens is 308 g/mol. The van der Waals surface area contributed by atoms with Gasteiger partial charge in [-0.05, 0) is 45.2 Å². The standard InChI is InChI=1S/C8H21ClO4Si4/c1-15(2)10-14-11-17(5,8-6-7-9)13-16(3,4)12-15/h6-8H2,1-5H3. The van der Waals surface area contributed by atoms with E-state index in [4.69, 9.17) is 28.1 Å². The van der Waals surface area contributed by atoms with Crippen molar-refractivity contribution in [2.24, 2.45) is 0 Å². The fourth-order valence-electron chi connectivity index (χ4n) is 1.87. The fourth-order valence-corrected chi connectivity index (χ4v) is 16.4. The maximum Gasteiger partial charge on any atom is 0.413 e. The molecule has 2 radical (unpaired) electrons. The van der Waals surface area contributed by atoms with Gasteiger partial charge in [0.25, 0.3) is 0 Å². The van der Waals surface area contributed by atoms with Crippen LogP contribution in [0, 0.1) is 0 Å². The Kier molecular flexibility index (Phi) is 5.64. The highest BCUT2D eigenvalue weighted by Gasteiger charge is 2.46. The molecule has 100 valence electrons. The van der Waals surface area contributed by atoms with Gasteiger partial charge in [0.15, 0.2) is 0 Å². The van der Waals surface area contributed by atoms with Crippen molar-refractivity contribution in [3.63, 3.8) is 0 Å². The van der Waals surface area contributed by atoms with E-state index in [0.29, 0.717) is 5.88 Å². The van der Waals surface area contributed by atoms with E-state index in [1.807, 2.05) is 13.1 Å². The second-order valence-corrected chi connectivity index (χ2v) is 17.4. The van der Waals surface area contributed by atoms with Crippen molar-refractivity contribution in [2.45, 2.75) is 45.2 Å². The zero-order chi connectivity index (χ0) is 13.2. The highest BCUT2D eigenvalue weighted by molar-refractivity contribution is 6.88. The Morgan fingerprint density at radius 1 is 0.941 bits per heavy atom. The lowest BCUT2D eigenvalue weighted by Crippen LogP contribution is -2.59. The minimum atomic E-state index is -2.18. The Morgan fingerprint density at radius 2 is 1.59 bits per heavy atom. The molecule has 0 N–H and O–H groups in total. The van der Waals surface area contributed by atoms with E-state index < -0.39 is 25.7 Å². The summed E-state index contributed by atoms with van der Waals surface area (Å²) >= 11 is 5.74. The van der Waals surface area contributed by atoms with E-state index in [1.165, 1.54) is 0 Å². The van der Waals surface area contributed by atoms with Crippen molar-refractivity contribution < 1.29 is 16.5 Å². The molecular formula is C8H21ClO4Si4. The van der Waals surface area contributed by atoms with Crippen molar-refractivity contribution in [1.29, 1.82) is 0 Å². The molecule has 0 aromatic carbocycles. The van der Waals surface area contributed by atoms with Gasteiger partial charge in [-0.2, -0.15) is 0 Å². The molecule has 0 aromatic rings. The first-order chi connectivity index (χ1) is 7.68. The maximum atomic E-state index is 6.24. The Hall–Kier alpha value is 0.998. The molecule has 9 heteroatoms. The van der Waals surface area contributed by atoms with Crippen LogP contribution in [-0.2, 0) is 16.5 Å². The van der Waals surface area contributed by atoms with Crippen LogP contribution in [0.1, 0.15) is 6.42 Å². The van der Waals surface area contributed by atoms with Crippen molar-refractivity contribution in [2.75, 3.05) is 5.88 Å². The Bertz CT molecular complexity index is 266. The molecule has 0 amide bonds. The average Bonchev–Trinajstić information content (AvgIpc) is 2.09. The topological polar surface area (TPSA) is 36.9 Å². The zero-order valence-corrected chi connectivity index (χ0v) is 15.9. The Labute approximate surface area is 115 Å². The van der Waals surface area contributed by atoms with E-state index in [2.05, 4.69) is 19.6 Å². The smallest absolute Gasteiger partial charge is 0.413 e. The summed E-state index contributed by atoms with van der Waals surface area (Å²) < 4.78 is 24.0. The molecule has 17 heavy (non-hydrogen) atoms. The van der Waals surface area contributed by atoms with Crippen LogP contribution in [0.3, 0.4) is 0 Å². The molecule has 1 aliphatic rings. The minimum absolute atomic E-state index is 0.0330. The summed E-state index contributed by atoms with van der Waals surface area (Å²) in [5, 5.41) is 0. The molecule has 0 spiro atoms. The summed E-state index contributed by atoms with van der Waals surface area (Å²) in [6, 6.07) is 0.897. The molecule has 0 saturated carbocycles. The van der Waals surface area contributed by atoms with Crippen LogP contribution >= 0.6 is 11.6 Å². The van der Waals surface area contributed by atoms with Crippen LogP contribution in [0.4, 0.5) is 0 Å². The SMILES string of the molecule is C[Si]1(C)O[Si]O[Si](C)(CCCCl)O[Si](C)(C)O1. The molecule has 1 fully saturated rings. The number of alkyl halides is 1. The van der Waals surface area contributed by atoms with Crippen molar-refractivity contribution in [3.05, 3.63) is 0 Å². The normalized spacial score (nSPS) is 32.8. The number of hydrogen-bond acceptors (Lipinski definition) is 4. The van der Waals surface area contributed by atoms with Gasteiger partial charge in [-0.1, -0.05) is 0 Å². The molecule has 1 aliphatic heterocycles. The van der Waals surface area contributed by atoms with Gasteiger partial charge in [-0.15, -0.1) is 11.6 Å². The average molecular weight is 329 g/mol. The summed E-state index contributed by atoms with van der Waals surface area (Å²) in [6.45, 7) is 10.3. The first kappa shape index (κ1) is 16.1. The largest absolute Gasteiger partial charge is 0.416 e. The highest BCUT2D eigenvalue weighted by atomic mass is 35.5. The lowest BCUT2D eigenvalue weighted by Gasteiger charge is -2.41. The van der Waals surface area contributed by atoms with Gasteiger partial charge >= 0.3 is 35.7 Å². The van der Waals surface area contributed by atoms with Crippen LogP contribution < -0.4 is 0 Å². The van der Waals surface area contributed by atoms with Gasteiger partial charge in [0.1, 0.15) is 0 Å². The zero-order valence-electron chi connectivity index (χ0n) is 11.1. The maximum absolute atomic E-state index is 6.24. The second-order valence-electron chi connectivity index (χ2n) is 5.22. The lowest BCUT2D eigenvalue weighted by atomic mass is 10.6. The van der Waals surface area contributed by atoms with Crippen LogP contribution in [0.5, 0.6) is 0 Å². The first-order valence-corrected chi connectivity index (χ1v) is 15.3. The quantitative estimate of drug-likeness (QED) is 0.589. The summed E-state index contributed by atoms with van der Waals surface area (Å²) in [4.78, 5) is 0. The van der Waals surface area contributed by atoms with Gasteiger partial charge in [-0.25, -0.2) is 0 Å². The molecule has 0 aromatic heterocycles. The Morgan fingerprint density at radius 3 is 2.18 bits per heavy atom. The third kappa shape index (κ3) is 5.66. The van der Waals surface area contributed by atoms with Crippen molar-refractivity contribution in [1.82, 2.24) is 0 Å². The van der Waals surface area contributed by atoms with Crippen LogP contribution in [0.2, 0.25) is 38.8 Å². The monoisotopic (exact) mass is 328 g/mol. The van der Waals surface area contributed by atoms with Crippen LogP contribution in [0.15, 0.2) is 0 Å². The van der Waals surface area contributed by atoms with E-state index in [0.717, 1.165) is 12.5 Å². The third-order valence-electron chi connectivity index (χ3n) is 2.26. The summed E-state index contributed by atoms with van der Waals surface area (Å²) in [7, 11) is -6.38. The van der Waals surface area contributed by atoms with E-state index in [9.17, 15) is 0 Å². The predicted molar refractivity (Wildman–Crippen MR) is 76.8 cm³/mol. The van der Waals surface area contributed by atoms with Gasteiger partial charge in [0.2, 0.25) is 0 Å². The van der Waals surface area contributed by atoms with Gasteiger partial charge in [-0.3, -0.25) is 0 Å². The Balaban J connectivity index is 2.72. The van der Waals surface area contributed by atoms with Crippen molar-refractivity contribution in [3.8, 4) is 0 Å². The lowest BCUT2D eigenvalue weighted by molar-refractivity contribution is 0.257. The van der Waals surface area contributed by atoms with Gasteiger partial charge in [0, 0.05) is 5.88 Å². The van der Waals surface area contributed by atoms with Gasteiger partial charge < -0.3 is 16.5 Å². The third-order valence-corrected chi connectivity index (χ3v) is 15.8. The molecule has 4 nitrogen and oxygen atoms in total. The van der Waals surface area contributed by atoms with E-state index in [1.54, 1.807) is 0 Å². The molecule has 1 rings (SSSR count). The van der Waals surface area contributed by atoms with E-state index >= 15 is 0 Å². The van der Waals surface area contributed by atoms with Crippen LogP contribution in [-0.4, -0.2) is 41.6 Å². The number of hydrogen-bond donors (Lipinski definition) is 0. The molecule has 1 saturated heterocycles. The second kappa shape index (κ2) is 5.97. The summed E-state index contributed by atoms with van der Waals surface area (Å²) in [5.74, 6) is 0.641. The molecule has 1 atom stereocenters. The van der Waals surface area contributed by atoms with Crippen molar-refractivity contribution >= 4 is 47.3 Å². The molecule has 1 heterocycles. The molecule has 0 aliphatic carbocycles. The van der Waals surface area contributed by atoms with Gasteiger partial charge in [0.05, 0.1) is 0 Å². The molecule has 0 bridgehead atoms. The van der Waals surface area contributed by atoms with Crippen LogP contribution in [0.25, 0.3) is 0 Å².